The van der Waals surface area contributed by atoms with Gasteiger partial charge in [0.25, 0.3) is 0 Å². The summed E-state index contributed by atoms with van der Waals surface area (Å²) in [5.41, 5.74) is 0.650. The van der Waals surface area contributed by atoms with Gasteiger partial charge in [-0.25, -0.2) is 0 Å². The Labute approximate surface area is 127 Å². The molecule has 1 aliphatic heterocycles. The first-order valence-electron chi connectivity index (χ1n) is 7.48. The highest BCUT2D eigenvalue weighted by Crippen LogP contribution is 2.65. The fraction of sp³-hybridized carbons (Fsp3) is 0.412. The fourth-order valence-corrected chi connectivity index (χ4v) is 4.93. The minimum Gasteiger partial charge on any atom is -0.274 e. The van der Waals surface area contributed by atoms with Crippen LogP contribution in [0.3, 0.4) is 0 Å². The average molecular weight is 300 g/mol. The summed E-state index contributed by atoms with van der Waals surface area (Å²) in [6, 6.07) is 6.96. The van der Waals surface area contributed by atoms with Gasteiger partial charge in [-0.3, -0.25) is 14.5 Å². The van der Waals surface area contributed by atoms with Gasteiger partial charge in [0.15, 0.2) is 0 Å². The summed E-state index contributed by atoms with van der Waals surface area (Å²) in [5, 5.41) is 0.609. The van der Waals surface area contributed by atoms with Crippen molar-refractivity contribution in [3.63, 3.8) is 0 Å². The van der Waals surface area contributed by atoms with Gasteiger partial charge in [0.05, 0.1) is 17.5 Å². The van der Waals surface area contributed by atoms with E-state index in [2.05, 4.69) is 12.2 Å². The summed E-state index contributed by atoms with van der Waals surface area (Å²) in [7, 11) is 0. The molecule has 0 spiro atoms. The van der Waals surface area contributed by atoms with E-state index in [9.17, 15) is 9.59 Å². The monoisotopic (exact) mass is 299 g/mol. The molecule has 21 heavy (non-hydrogen) atoms. The quantitative estimate of drug-likeness (QED) is 0.591. The molecule has 2 saturated carbocycles. The lowest BCUT2D eigenvalue weighted by atomic mass is 9.63. The molecule has 4 aliphatic carbocycles. The molecule has 1 aromatic carbocycles. The van der Waals surface area contributed by atoms with Gasteiger partial charge < -0.3 is 0 Å². The summed E-state index contributed by atoms with van der Waals surface area (Å²) in [4.78, 5) is 27.0. The van der Waals surface area contributed by atoms with Gasteiger partial charge in [-0.15, -0.1) is 0 Å². The molecule has 1 saturated heterocycles. The maximum atomic E-state index is 12.8. The Kier molecular flexibility index (Phi) is 2.15. The number of hydrogen-bond donors (Lipinski definition) is 0. The molecule has 0 aromatic heterocycles. The first-order valence-corrected chi connectivity index (χ1v) is 7.86. The number of nitrogens with zero attached hydrogens (tertiary/aromatic N) is 1. The first-order chi connectivity index (χ1) is 10.2. The molecule has 0 N–H and O–H groups in total. The third-order valence-electron chi connectivity index (χ3n) is 5.75. The van der Waals surface area contributed by atoms with Crippen molar-refractivity contribution in [2.24, 2.45) is 35.5 Å². The molecular weight excluding hydrogens is 286 g/mol. The van der Waals surface area contributed by atoms with Gasteiger partial charge >= 0.3 is 0 Å². The first kappa shape index (κ1) is 12.0. The molecule has 5 aliphatic rings. The SMILES string of the molecule is O=C1[C@@H]2[C@H]3C=C[C@@H]([C@@H]4C[C@@H]34)[C@H]2C(=O)N1c1ccc(Cl)cc1. The van der Waals surface area contributed by atoms with Crippen LogP contribution in [-0.4, -0.2) is 11.8 Å². The molecule has 3 fully saturated rings. The van der Waals surface area contributed by atoms with E-state index in [1.807, 2.05) is 0 Å². The number of anilines is 1. The number of amides is 2. The average Bonchev–Trinajstić information content (AvgIpc) is 3.26. The van der Waals surface area contributed by atoms with Crippen molar-refractivity contribution in [3.8, 4) is 0 Å². The predicted molar refractivity (Wildman–Crippen MR) is 78.6 cm³/mol. The van der Waals surface area contributed by atoms with Gasteiger partial charge in [0.1, 0.15) is 0 Å². The van der Waals surface area contributed by atoms with Crippen LogP contribution in [0.25, 0.3) is 0 Å². The number of carbonyl (C=O) groups is 2. The number of benzene rings is 1. The van der Waals surface area contributed by atoms with Crippen molar-refractivity contribution in [1.29, 1.82) is 0 Å². The van der Waals surface area contributed by atoms with E-state index >= 15 is 0 Å². The van der Waals surface area contributed by atoms with Gasteiger partial charge in [0, 0.05) is 5.02 Å². The van der Waals surface area contributed by atoms with E-state index in [1.165, 1.54) is 11.3 Å². The Morgan fingerprint density at radius 2 is 1.43 bits per heavy atom. The molecule has 2 amide bonds. The van der Waals surface area contributed by atoms with Crippen LogP contribution in [0.4, 0.5) is 5.69 Å². The third kappa shape index (κ3) is 1.40. The van der Waals surface area contributed by atoms with E-state index < -0.39 is 0 Å². The lowest BCUT2D eigenvalue weighted by molar-refractivity contribution is -0.124. The molecule has 6 atom stereocenters. The zero-order valence-electron chi connectivity index (χ0n) is 11.3. The van der Waals surface area contributed by atoms with Crippen LogP contribution < -0.4 is 4.90 Å². The molecule has 1 aromatic rings. The second-order valence-corrected chi connectivity index (χ2v) is 7.08. The molecule has 106 valence electrons. The lowest BCUT2D eigenvalue weighted by Crippen LogP contribution is -2.40. The van der Waals surface area contributed by atoms with Crippen molar-refractivity contribution in [2.75, 3.05) is 4.90 Å². The molecule has 1 heterocycles. The smallest absolute Gasteiger partial charge is 0.238 e. The standard InChI is InChI=1S/C17H14ClNO2/c18-8-1-3-9(4-2-8)19-16(20)14-10-5-6-11(13-7-12(10)13)15(14)17(19)21/h1-6,10-15H,7H2/t10-,11-,12-,13-,14+,15+/m0/s1. The Morgan fingerprint density at radius 3 is 1.95 bits per heavy atom. The molecule has 0 unspecified atom stereocenters. The number of imide groups is 1. The number of carbonyl (C=O) groups excluding carboxylic acids is 2. The van der Waals surface area contributed by atoms with Crippen LogP contribution in [-0.2, 0) is 9.59 Å². The van der Waals surface area contributed by atoms with Gasteiger partial charge in [0.2, 0.25) is 11.8 Å². The van der Waals surface area contributed by atoms with E-state index in [-0.39, 0.29) is 35.5 Å². The molecule has 6 rings (SSSR count). The van der Waals surface area contributed by atoms with Crippen LogP contribution in [0.1, 0.15) is 6.42 Å². The zero-order valence-corrected chi connectivity index (χ0v) is 12.0. The highest BCUT2D eigenvalue weighted by molar-refractivity contribution is 6.30. The maximum Gasteiger partial charge on any atom is 0.238 e. The fourth-order valence-electron chi connectivity index (χ4n) is 4.80. The third-order valence-corrected chi connectivity index (χ3v) is 6.00. The van der Waals surface area contributed by atoms with Crippen LogP contribution in [0.15, 0.2) is 36.4 Å². The summed E-state index contributed by atoms with van der Waals surface area (Å²) in [5.74, 6) is 1.54. The topological polar surface area (TPSA) is 37.4 Å². The number of halogens is 1. The summed E-state index contributed by atoms with van der Waals surface area (Å²) >= 11 is 5.90. The molecule has 0 radical (unpaired) electrons. The van der Waals surface area contributed by atoms with E-state index in [4.69, 9.17) is 11.6 Å². The van der Waals surface area contributed by atoms with Gasteiger partial charge in [-0.2, -0.15) is 0 Å². The Hall–Kier alpha value is -1.61. The highest BCUT2D eigenvalue weighted by atomic mass is 35.5. The molecular formula is C17H14ClNO2. The largest absolute Gasteiger partial charge is 0.274 e. The number of allylic oxidation sites excluding steroid dienone is 2. The van der Waals surface area contributed by atoms with Crippen LogP contribution >= 0.6 is 11.6 Å². The lowest BCUT2D eigenvalue weighted by Gasteiger charge is -2.37. The highest BCUT2D eigenvalue weighted by Gasteiger charge is 2.67. The summed E-state index contributed by atoms with van der Waals surface area (Å²) in [6.45, 7) is 0. The minimum absolute atomic E-state index is 0.0166. The predicted octanol–water partition coefficient (Wildman–Crippen LogP) is 2.90. The molecule has 4 heteroatoms. The zero-order chi connectivity index (χ0) is 14.3. The van der Waals surface area contributed by atoms with Crippen molar-refractivity contribution < 1.29 is 9.59 Å². The normalized spacial score (nSPS) is 42.2. The van der Waals surface area contributed by atoms with Crippen molar-refractivity contribution in [2.45, 2.75) is 6.42 Å². The summed E-state index contributed by atoms with van der Waals surface area (Å²) < 4.78 is 0. The Morgan fingerprint density at radius 1 is 0.905 bits per heavy atom. The Bertz CT molecular complexity index is 659. The van der Waals surface area contributed by atoms with Crippen molar-refractivity contribution in [3.05, 3.63) is 41.4 Å². The maximum absolute atomic E-state index is 12.8. The Balaban J connectivity index is 1.58. The van der Waals surface area contributed by atoms with Gasteiger partial charge in [-0.1, -0.05) is 23.8 Å². The molecule has 3 nitrogen and oxygen atoms in total. The second kappa shape index (κ2) is 3.77. The van der Waals surface area contributed by atoms with E-state index in [1.54, 1.807) is 24.3 Å². The van der Waals surface area contributed by atoms with Crippen LogP contribution in [0.2, 0.25) is 5.02 Å². The van der Waals surface area contributed by atoms with Crippen LogP contribution in [0.5, 0.6) is 0 Å². The summed E-state index contributed by atoms with van der Waals surface area (Å²) in [6.07, 6.45) is 5.57. The van der Waals surface area contributed by atoms with Crippen molar-refractivity contribution in [1.82, 2.24) is 0 Å². The molecule has 2 bridgehead atoms. The number of rotatable bonds is 1. The van der Waals surface area contributed by atoms with E-state index in [0.717, 1.165) is 0 Å². The van der Waals surface area contributed by atoms with Crippen LogP contribution in [0, 0.1) is 35.5 Å². The van der Waals surface area contributed by atoms with Gasteiger partial charge in [-0.05, 0) is 54.4 Å². The van der Waals surface area contributed by atoms with Crippen molar-refractivity contribution >= 4 is 29.1 Å². The second-order valence-electron chi connectivity index (χ2n) is 6.64. The van der Waals surface area contributed by atoms with E-state index in [0.29, 0.717) is 22.5 Å². The number of hydrogen-bond acceptors (Lipinski definition) is 2. The minimum atomic E-state index is -0.132.